The van der Waals surface area contributed by atoms with E-state index in [0.29, 0.717) is 0 Å². The molecule has 314 valence electrons. The minimum Gasteiger partial charge on any atom is -0.309 e. The molecule has 2 aliphatic rings. The number of anilines is 3. The molecule has 67 heavy (non-hydrogen) atoms. The third kappa shape index (κ3) is 5.43. The number of nitrogens with zero attached hydrogens (tertiary/aromatic N) is 1. The summed E-state index contributed by atoms with van der Waals surface area (Å²) in [6.07, 6.45) is 0. The smallest absolute Gasteiger partial charge is 0.182 e. The molecule has 0 unspecified atom stereocenters. The standard InChI is InChI=1S/C63H41NS2Si/c1-3-20-45(21-4-1)67(46-22-5-2-6-23-46)60-36-16-12-29-53(60)63(51-27-10-14-34-58(51)65-59-35-15-11-28-52(59)63)54-30-18-32-56(62(54)67)64(55-31-17-26-50-49-25-9-13-33-57(49)66-61(50)55)44-39-40-48-43(41-44)38-37-42-19-7-8-24-47(42)48/h1-41H. The lowest BCUT2D eigenvalue weighted by Crippen LogP contribution is -2.79. The van der Waals surface area contributed by atoms with Gasteiger partial charge in [0.1, 0.15) is 0 Å². The predicted molar refractivity (Wildman–Crippen MR) is 289 cm³/mol. The van der Waals surface area contributed by atoms with Crippen LogP contribution in [0.15, 0.2) is 259 Å². The summed E-state index contributed by atoms with van der Waals surface area (Å²) in [6.45, 7) is 0. The summed E-state index contributed by atoms with van der Waals surface area (Å²) in [4.78, 5) is 5.25. The molecule has 0 saturated carbocycles. The topological polar surface area (TPSA) is 3.24 Å². The quantitative estimate of drug-likeness (QED) is 0.125. The highest BCUT2D eigenvalue weighted by Gasteiger charge is 2.58. The summed E-state index contributed by atoms with van der Waals surface area (Å²) in [5.41, 5.74) is 8.32. The minimum atomic E-state index is -3.24. The highest BCUT2D eigenvalue weighted by molar-refractivity contribution is 7.99. The Balaban J connectivity index is 1.20. The molecule has 0 bridgehead atoms. The van der Waals surface area contributed by atoms with Crippen LogP contribution < -0.4 is 25.6 Å². The molecule has 0 N–H and O–H groups in total. The zero-order chi connectivity index (χ0) is 44.1. The third-order valence-electron chi connectivity index (χ3n) is 14.6. The van der Waals surface area contributed by atoms with Crippen molar-refractivity contribution in [3.63, 3.8) is 0 Å². The van der Waals surface area contributed by atoms with E-state index >= 15 is 0 Å². The summed E-state index contributed by atoms with van der Waals surface area (Å²) >= 11 is 3.80. The second-order valence-corrected chi connectivity index (χ2v) is 23.7. The van der Waals surface area contributed by atoms with E-state index in [1.807, 2.05) is 23.1 Å². The van der Waals surface area contributed by atoms with Gasteiger partial charge >= 0.3 is 0 Å². The van der Waals surface area contributed by atoms with E-state index in [-0.39, 0.29) is 0 Å². The van der Waals surface area contributed by atoms with Crippen LogP contribution >= 0.6 is 23.1 Å². The number of fused-ring (bicyclic) bond motifs is 14. The van der Waals surface area contributed by atoms with Gasteiger partial charge in [-0.1, -0.05) is 218 Å². The summed E-state index contributed by atoms with van der Waals surface area (Å²) in [6, 6.07) is 94.7. The number of benzene rings is 11. The van der Waals surface area contributed by atoms with Crippen LogP contribution in [0.3, 0.4) is 0 Å². The Kier molecular flexibility index (Phi) is 8.69. The van der Waals surface area contributed by atoms with Gasteiger partial charge in [-0.2, -0.15) is 0 Å². The molecule has 0 atom stereocenters. The average molecular weight is 904 g/mol. The molecule has 0 radical (unpaired) electrons. The molecule has 2 aliphatic heterocycles. The molecule has 1 spiro atoms. The minimum absolute atomic E-state index is 0.613. The van der Waals surface area contributed by atoms with Gasteiger partial charge in [0.15, 0.2) is 8.07 Å². The fourth-order valence-corrected chi connectivity index (χ4v) is 19.9. The van der Waals surface area contributed by atoms with Gasteiger partial charge < -0.3 is 4.90 Å². The first-order chi connectivity index (χ1) is 33.2. The van der Waals surface area contributed by atoms with Crippen molar-refractivity contribution in [2.24, 2.45) is 0 Å². The molecule has 0 fully saturated rings. The lowest BCUT2D eigenvalue weighted by molar-refractivity contribution is 0.707. The molecule has 0 saturated heterocycles. The molecule has 11 aromatic carbocycles. The van der Waals surface area contributed by atoms with Crippen molar-refractivity contribution in [2.75, 3.05) is 4.90 Å². The lowest BCUT2D eigenvalue weighted by Gasteiger charge is -2.52. The van der Waals surface area contributed by atoms with Gasteiger partial charge in [-0.25, -0.2) is 0 Å². The summed E-state index contributed by atoms with van der Waals surface area (Å²) in [7, 11) is -3.24. The number of rotatable bonds is 5. The highest BCUT2D eigenvalue weighted by Crippen LogP contribution is 2.57. The number of thiophene rings is 1. The Morgan fingerprint density at radius 3 is 1.69 bits per heavy atom. The SMILES string of the molecule is c1ccc([Si]2(c3ccccc3)c3ccccc3C3(c4ccccc4Sc4ccccc43)c3cccc(N(c4ccc5c(ccc6ccccc65)c4)c4cccc5c4sc4ccccc45)c32)cc1. The van der Waals surface area contributed by atoms with Gasteiger partial charge in [-0.05, 0) is 107 Å². The van der Waals surface area contributed by atoms with Crippen molar-refractivity contribution in [2.45, 2.75) is 15.2 Å². The number of hydrogen-bond donors (Lipinski definition) is 0. The first-order valence-corrected chi connectivity index (χ1v) is 26.7. The zero-order valence-electron chi connectivity index (χ0n) is 36.4. The second kappa shape index (κ2) is 15.0. The van der Waals surface area contributed by atoms with E-state index in [4.69, 9.17) is 0 Å². The van der Waals surface area contributed by atoms with Crippen molar-refractivity contribution in [3.8, 4) is 0 Å². The maximum Gasteiger partial charge on any atom is 0.182 e. The third-order valence-corrected chi connectivity index (χ3v) is 21.9. The van der Waals surface area contributed by atoms with Crippen LogP contribution in [0, 0.1) is 0 Å². The molecular weight excluding hydrogens is 863 g/mol. The zero-order valence-corrected chi connectivity index (χ0v) is 39.1. The van der Waals surface area contributed by atoms with Crippen molar-refractivity contribution >= 4 is 111 Å². The molecule has 12 aromatic rings. The Hall–Kier alpha value is -7.47. The van der Waals surface area contributed by atoms with Gasteiger partial charge in [0.25, 0.3) is 0 Å². The molecule has 0 amide bonds. The van der Waals surface area contributed by atoms with E-state index in [1.165, 1.54) is 106 Å². The van der Waals surface area contributed by atoms with Gasteiger partial charge in [-0.15, -0.1) is 11.3 Å². The monoisotopic (exact) mass is 903 g/mol. The normalized spacial score (nSPS) is 14.1. The van der Waals surface area contributed by atoms with E-state index in [0.717, 1.165) is 5.69 Å². The summed E-state index contributed by atoms with van der Waals surface area (Å²) in [5, 5.41) is 13.2. The van der Waals surface area contributed by atoms with Gasteiger partial charge in [0.05, 0.1) is 15.8 Å². The van der Waals surface area contributed by atoms with Crippen LogP contribution in [0.25, 0.3) is 41.7 Å². The van der Waals surface area contributed by atoms with Gasteiger partial charge in [0.2, 0.25) is 0 Å². The van der Waals surface area contributed by atoms with Crippen LogP contribution in [-0.4, -0.2) is 8.07 Å². The molecular formula is C63H41NS2Si. The van der Waals surface area contributed by atoms with E-state index < -0.39 is 13.5 Å². The summed E-state index contributed by atoms with van der Waals surface area (Å²) in [5.74, 6) is 0. The first kappa shape index (κ1) is 38.8. The van der Waals surface area contributed by atoms with Crippen LogP contribution in [0.4, 0.5) is 17.1 Å². The maximum atomic E-state index is 2.65. The van der Waals surface area contributed by atoms with Crippen LogP contribution in [-0.2, 0) is 5.41 Å². The maximum absolute atomic E-state index is 3.24. The highest BCUT2D eigenvalue weighted by atomic mass is 32.2. The van der Waals surface area contributed by atoms with Crippen molar-refractivity contribution in [1.82, 2.24) is 0 Å². The average Bonchev–Trinajstić information content (AvgIpc) is 3.79. The van der Waals surface area contributed by atoms with Gasteiger partial charge in [0, 0.05) is 36.6 Å². The van der Waals surface area contributed by atoms with Crippen molar-refractivity contribution in [3.05, 3.63) is 271 Å². The van der Waals surface area contributed by atoms with Crippen molar-refractivity contribution < 1.29 is 0 Å². The predicted octanol–water partition coefficient (Wildman–Crippen LogP) is 14.4. The summed E-state index contributed by atoms with van der Waals surface area (Å²) < 4.78 is 2.57. The van der Waals surface area contributed by atoms with E-state index in [9.17, 15) is 0 Å². The lowest BCUT2D eigenvalue weighted by atomic mass is 9.64. The molecule has 1 nitrogen and oxygen atoms in total. The fraction of sp³-hybridized carbons (Fsp3) is 0.0159. The first-order valence-electron chi connectivity index (χ1n) is 23.1. The Morgan fingerprint density at radius 1 is 0.373 bits per heavy atom. The second-order valence-electron chi connectivity index (χ2n) is 17.9. The van der Waals surface area contributed by atoms with Crippen LogP contribution in [0.2, 0.25) is 0 Å². The molecule has 3 heterocycles. The van der Waals surface area contributed by atoms with E-state index in [1.54, 1.807) is 0 Å². The fourth-order valence-electron chi connectivity index (χ4n) is 12.0. The molecule has 4 heteroatoms. The van der Waals surface area contributed by atoms with E-state index in [2.05, 4.69) is 254 Å². The number of hydrogen-bond acceptors (Lipinski definition) is 3. The Morgan fingerprint density at radius 2 is 0.925 bits per heavy atom. The molecule has 1 aromatic heterocycles. The van der Waals surface area contributed by atoms with Gasteiger partial charge in [-0.3, -0.25) is 0 Å². The Labute approximate surface area is 399 Å². The van der Waals surface area contributed by atoms with Crippen LogP contribution in [0.1, 0.15) is 22.3 Å². The Bertz CT molecular complexity index is 3850. The molecule has 0 aliphatic carbocycles. The molecule has 14 rings (SSSR count). The van der Waals surface area contributed by atoms with Crippen molar-refractivity contribution in [1.29, 1.82) is 0 Å². The van der Waals surface area contributed by atoms with Crippen LogP contribution in [0.5, 0.6) is 0 Å². The largest absolute Gasteiger partial charge is 0.309 e.